The van der Waals surface area contributed by atoms with Crippen molar-refractivity contribution in [2.24, 2.45) is 0 Å². The van der Waals surface area contributed by atoms with Gasteiger partial charge in [-0.25, -0.2) is 9.97 Å². The summed E-state index contributed by atoms with van der Waals surface area (Å²) in [6.45, 7) is 8.13. The normalized spacial score (nSPS) is 11.4. The van der Waals surface area contributed by atoms with Gasteiger partial charge in [-0.1, -0.05) is 38.5 Å². The van der Waals surface area contributed by atoms with E-state index in [9.17, 15) is 4.79 Å². The average Bonchev–Trinajstić information content (AvgIpc) is 3.24. The third-order valence-corrected chi connectivity index (χ3v) is 4.70. The smallest absolute Gasteiger partial charge is 0.255 e. The Morgan fingerprint density at radius 1 is 0.839 bits per heavy atom. The van der Waals surface area contributed by atoms with E-state index in [1.54, 1.807) is 36.7 Å². The van der Waals surface area contributed by atoms with Gasteiger partial charge in [0, 0.05) is 22.1 Å². The number of nitrogens with zero attached hydrogens (tertiary/aromatic N) is 4. The number of hydrogen-bond donors (Lipinski definition) is 1. The Morgan fingerprint density at radius 2 is 1.35 bits per heavy atom. The number of aryl methyl sites for hydroxylation is 1. The Labute approximate surface area is 180 Å². The maximum Gasteiger partial charge on any atom is 0.255 e. The van der Waals surface area contributed by atoms with Crippen LogP contribution in [0, 0.1) is 6.92 Å². The highest BCUT2D eigenvalue weighted by Crippen LogP contribution is 2.24. The summed E-state index contributed by atoms with van der Waals surface area (Å²) in [5.74, 6) is 1.33. The molecule has 0 fully saturated rings. The van der Waals surface area contributed by atoms with Crippen molar-refractivity contribution in [3.05, 3.63) is 77.9 Å². The van der Waals surface area contributed by atoms with Gasteiger partial charge < -0.3 is 9.73 Å². The summed E-state index contributed by atoms with van der Waals surface area (Å²) in [5, 5.41) is 11.1. The van der Waals surface area contributed by atoms with Gasteiger partial charge >= 0.3 is 0 Å². The quantitative estimate of drug-likeness (QED) is 0.503. The first kappa shape index (κ1) is 20.4. The number of carbonyl (C=O) groups is 1. The molecule has 0 aliphatic heterocycles. The van der Waals surface area contributed by atoms with Crippen LogP contribution in [-0.4, -0.2) is 26.1 Å². The molecular formula is C24H23N5O2. The predicted molar refractivity (Wildman–Crippen MR) is 119 cm³/mol. The lowest BCUT2D eigenvalue weighted by Gasteiger charge is -2.16. The highest BCUT2D eigenvalue weighted by molar-refractivity contribution is 6.04. The van der Waals surface area contributed by atoms with Crippen molar-refractivity contribution < 1.29 is 9.21 Å². The minimum atomic E-state index is -0.246. The van der Waals surface area contributed by atoms with E-state index in [-0.39, 0.29) is 11.3 Å². The molecule has 0 atom stereocenters. The fraction of sp³-hybridized carbons (Fsp3) is 0.208. The number of carbonyl (C=O) groups excluding carboxylic acids is 1. The molecule has 0 saturated heterocycles. The molecular weight excluding hydrogens is 390 g/mol. The van der Waals surface area contributed by atoms with Crippen molar-refractivity contribution in [2.75, 3.05) is 5.32 Å². The number of rotatable bonds is 4. The van der Waals surface area contributed by atoms with Crippen LogP contribution in [0.25, 0.3) is 22.9 Å². The van der Waals surface area contributed by atoms with Gasteiger partial charge in [-0.2, -0.15) is 0 Å². The Hall–Kier alpha value is -3.87. The second-order valence-corrected chi connectivity index (χ2v) is 8.36. The van der Waals surface area contributed by atoms with Crippen LogP contribution in [0.4, 0.5) is 5.69 Å². The first-order valence-corrected chi connectivity index (χ1v) is 9.94. The molecule has 0 spiro atoms. The monoisotopic (exact) mass is 413 g/mol. The Kier molecular flexibility index (Phi) is 5.33. The van der Waals surface area contributed by atoms with Gasteiger partial charge in [0.2, 0.25) is 11.8 Å². The van der Waals surface area contributed by atoms with E-state index in [4.69, 9.17) is 4.42 Å². The van der Waals surface area contributed by atoms with E-state index < -0.39 is 0 Å². The number of anilines is 1. The van der Waals surface area contributed by atoms with E-state index >= 15 is 0 Å². The fourth-order valence-electron chi connectivity index (χ4n) is 2.90. The average molecular weight is 413 g/mol. The molecule has 4 aromatic rings. The summed E-state index contributed by atoms with van der Waals surface area (Å²) in [6, 6.07) is 14.9. The van der Waals surface area contributed by atoms with Crippen LogP contribution in [0.2, 0.25) is 0 Å². The highest BCUT2D eigenvalue weighted by atomic mass is 16.4. The molecule has 2 aromatic heterocycles. The first-order chi connectivity index (χ1) is 14.8. The van der Waals surface area contributed by atoms with Gasteiger partial charge in [0.25, 0.3) is 5.91 Å². The maximum absolute atomic E-state index is 12.5. The van der Waals surface area contributed by atoms with Crippen molar-refractivity contribution >= 4 is 11.6 Å². The highest BCUT2D eigenvalue weighted by Gasteiger charge is 2.17. The second kappa shape index (κ2) is 8.10. The van der Waals surface area contributed by atoms with Gasteiger partial charge in [-0.05, 0) is 43.3 Å². The Balaban J connectivity index is 1.45. The molecule has 0 saturated carbocycles. The number of aromatic nitrogens is 4. The zero-order chi connectivity index (χ0) is 22.0. The van der Waals surface area contributed by atoms with Crippen molar-refractivity contribution in [3.63, 3.8) is 0 Å². The second-order valence-electron chi connectivity index (χ2n) is 8.36. The predicted octanol–water partition coefficient (Wildman–Crippen LogP) is 5.05. The standard InChI is InChI=1S/C24H23N5O2/c1-15-5-7-17(8-6-15)21-28-29-22(31-21)18-11-9-16(10-12-18)20(30)27-19-13-25-23(26-14-19)24(2,3)4/h5-14H,1-4H3,(H,27,30). The molecule has 0 radical (unpaired) electrons. The number of amides is 1. The lowest BCUT2D eigenvalue weighted by molar-refractivity contribution is 0.102. The molecule has 0 bridgehead atoms. The minimum Gasteiger partial charge on any atom is -0.416 e. The van der Waals surface area contributed by atoms with Gasteiger partial charge in [0.05, 0.1) is 18.1 Å². The molecule has 0 aliphatic carbocycles. The van der Waals surface area contributed by atoms with Crippen molar-refractivity contribution in [3.8, 4) is 22.9 Å². The Morgan fingerprint density at radius 3 is 1.87 bits per heavy atom. The largest absolute Gasteiger partial charge is 0.416 e. The number of hydrogen-bond acceptors (Lipinski definition) is 6. The molecule has 7 heteroatoms. The van der Waals surface area contributed by atoms with Gasteiger partial charge in [-0.3, -0.25) is 4.79 Å². The van der Waals surface area contributed by atoms with Crippen molar-refractivity contribution in [2.45, 2.75) is 33.1 Å². The summed E-state index contributed by atoms with van der Waals surface area (Å²) in [4.78, 5) is 21.2. The summed E-state index contributed by atoms with van der Waals surface area (Å²) in [5.41, 5.74) is 3.66. The SMILES string of the molecule is Cc1ccc(-c2nnc(-c3ccc(C(=O)Nc4cnc(C(C)(C)C)nc4)cc3)o2)cc1. The van der Waals surface area contributed by atoms with Crippen LogP contribution in [-0.2, 0) is 5.41 Å². The van der Waals surface area contributed by atoms with E-state index in [0.717, 1.165) is 22.5 Å². The molecule has 2 aromatic carbocycles. The number of nitrogens with one attached hydrogen (secondary N) is 1. The Bertz CT molecular complexity index is 1190. The van der Waals surface area contributed by atoms with Crippen LogP contribution in [0.15, 0.2) is 65.3 Å². The summed E-state index contributed by atoms with van der Waals surface area (Å²) in [7, 11) is 0. The molecule has 2 heterocycles. The van der Waals surface area contributed by atoms with E-state index in [0.29, 0.717) is 23.0 Å². The molecule has 4 rings (SSSR count). The lowest BCUT2D eigenvalue weighted by Crippen LogP contribution is -2.17. The molecule has 156 valence electrons. The molecule has 0 unspecified atom stereocenters. The third-order valence-electron chi connectivity index (χ3n) is 4.70. The molecule has 0 aliphatic rings. The van der Waals surface area contributed by atoms with Crippen molar-refractivity contribution in [1.82, 2.24) is 20.2 Å². The van der Waals surface area contributed by atoms with Crippen LogP contribution in [0.3, 0.4) is 0 Å². The van der Waals surface area contributed by atoms with E-state index in [2.05, 4.69) is 25.5 Å². The maximum atomic E-state index is 12.5. The molecule has 1 amide bonds. The van der Waals surface area contributed by atoms with E-state index in [1.807, 2.05) is 52.0 Å². The van der Waals surface area contributed by atoms with Gasteiger partial charge in [-0.15, -0.1) is 10.2 Å². The van der Waals surface area contributed by atoms with Crippen LogP contribution in [0.1, 0.15) is 42.5 Å². The van der Waals surface area contributed by atoms with Crippen LogP contribution < -0.4 is 5.32 Å². The van der Waals surface area contributed by atoms with Gasteiger partial charge in [0.1, 0.15) is 5.82 Å². The fourth-order valence-corrected chi connectivity index (χ4v) is 2.90. The third kappa shape index (κ3) is 4.66. The lowest BCUT2D eigenvalue weighted by atomic mass is 9.96. The summed E-state index contributed by atoms with van der Waals surface area (Å²) in [6.07, 6.45) is 3.23. The topological polar surface area (TPSA) is 93.8 Å². The van der Waals surface area contributed by atoms with Crippen LogP contribution in [0.5, 0.6) is 0 Å². The zero-order valence-corrected chi connectivity index (χ0v) is 17.9. The first-order valence-electron chi connectivity index (χ1n) is 9.94. The van der Waals surface area contributed by atoms with E-state index in [1.165, 1.54) is 0 Å². The summed E-state index contributed by atoms with van der Waals surface area (Å²) >= 11 is 0. The molecule has 1 N–H and O–H groups in total. The minimum absolute atomic E-state index is 0.146. The molecule has 7 nitrogen and oxygen atoms in total. The zero-order valence-electron chi connectivity index (χ0n) is 17.9. The van der Waals surface area contributed by atoms with Crippen molar-refractivity contribution in [1.29, 1.82) is 0 Å². The summed E-state index contributed by atoms with van der Waals surface area (Å²) < 4.78 is 5.79. The van der Waals surface area contributed by atoms with Crippen LogP contribution >= 0.6 is 0 Å². The molecule has 31 heavy (non-hydrogen) atoms. The number of benzene rings is 2. The van der Waals surface area contributed by atoms with Gasteiger partial charge in [0.15, 0.2) is 0 Å².